The Morgan fingerprint density at radius 2 is 1.97 bits per heavy atom. The topological polar surface area (TPSA) is 107 Å². The number of hydrogen-bond donors (Lipinski definition) is 1. The summed E-state index contributed by atoms with van der Waals surface area (Å²) in [5.41, 5.74) is 2.05. The lowest BCUT2D eigenvalue weighted by Crippen LogP contribution is -2.33. The van der Waals surface area contributed by atoms with Gasteiger partial charge in [-0.15, -0.1) is 11.3 Å². The zero-order valence-corrected chi connectivity index (χ0v) is 17.8. The Morgan fingerprint density at radius 3 is 2.55 bits per heavy atom. The minimum absolute atomic E-state index is 0.0123. The quantitative estimate of drug-likeness (QED) is 0.783. The van der Waals surface area contributed by atoms with Gasteiger partial charge in [-0.1, -0.05) is 19.1 Å². The van der Waals surface area contributed by atoms with Crippen LogP contribution in [-0.2, 0) is 38.8 Å². The number of carbonyl (C=O) groups excluding carboxylic acids is 2. The Labute approximate surface area is 173 Å². The molecular weight excluding hydrogens is 410 g/mol. The van der Waals surface area contributed by atoms with E-state index in [1.165, 1.54) is 30.4 Å². The summed E-state index contributed by atoms with van der Waals surface area (Å²) in [6.45, 7) is 4.12. The maximum absolute atomic E-state index is 12.5. The molecule has 2 heterocycles. The average Bonchev–Trinajstić information content (AvgIpc) is 3.04. The highest BCUT2D eigenvalue weighted by molar-refractivity contribution is 7.91. The van der Waals surface area contributed by atoms with Crippen molar-refractivity contribution in [2.24, 2.45) is 0 Å². The Morgan fingerprint density at radius 1 is 1.28 bits per heavy atom. The molecular formula is C20H21N3O4S2. The summed E-state index contributed by atoms with van der Waals surface area (Å²) in [6, 6.07) is 8.42. The monoisotopic (exact) mass is 431 g/mol. The van der Waals surface area contributed by atoms with Gasteiger partial charge in [0.05, 0.1) is 29.2 Å². The van der Waals surface area contributed by atoms with Crippen molar-refractivity contribution in [3.8, 4) is 6.07 Å². The lowest BCUT2D eigenvalue weighted by Gasteiger charge is -2.25. The van der Waals surface area contributed by atoms with Crippen molar-refractivity contribution in [2.45, 2.75) is 38.1 Å². The fourth-order valence-electron chi connectivity index (χ4n) is 3.22. The highest BCUT2D eigenvalue weighted by atomic mass is 32.2. The van der Waals surface area contributed by atoms with Gasteiger partial charge in [-0.05, 0) is 29.7 Å². The van der Waals surface area contributed by atoms with Crippen molar-refractivity contribution in [2.75, 3.05) is 17.6 Å². The van der Waals surface area contributed by atoms with Crippen LogP contribution < -0.4 is 5.32 Å². The minimum atomic E-state index is -3.28. The molecule has 9 heteroatoms. The third kappa shape index (κ3) is 4.49. The summed E-state index contributed by atoms with van der Waals surface area (Å²) in [6.07, 6.45) is 0.664. The molecule has 1 aliphatic heterocycles. The van der Waals surface area contributed by atoms with E-state index in [1.807, 2.05) is 0 Å². The molecule has 0 radical (unpaired) electrons. The molecule has 1 N–H and O–H groups in total. The summed E-state index contributed by atoms with van der Waals surface area (Å²) < 4.78 is 23.7. The standard InChI is InChI=1S/C20H21N3O4S2/c1-3-29(26,27)15-6-4-14(5-7-15)10-19(25)22-20-17(11-21)16-8-9-23(13(2)24)12-18(16)28-20/h4-7H,3,8-10,12H2,1-2H3,(H,22,25). The summed E-state index contributed by atoms with van der Waals surface area (Å²) in [7, 11) is -3.28. The highest BCUT2D eigenvalue weighted by Gasteiger charge is 2.26. The van der Waals surface area contributed by atoms with Gasteiger partial charge in [-0.25, -0.2) is 8.42 Å². The summed E-state index contributed by atoms with van der Waals surface area (Å²) in [4.78, 5) is 27.0. The molecule has 1 aliphatic rings. The number of nitrogens with zero attached hydrogens (tertiary/aromatic N) is 2. The van der Waals surface area contributed by atoms with Crippen LogP contribution in [0.5, 0.6) is 0 Å². The third-order valence-corrected chi connectivity index (χ3v) is 7.78. The predicted octanol–water partition coefficient (Wildman–Crippen LogP) is 2.50. The first-order valence-electron chi connectivity index (χ1n) is 9.16. The Kier molecular flexibility index (Phi) is 6.05. The molecule has 0 saturated carbocycles. The van der Waals surface area contributed by atoms with E-state index < -0.39 is 9.84 Å². The van der Waals surface area contributed by atoms with E-state index in [9.17, 15) is 23.3 Å². The van der Waals surface area contributed by atoms with E-state index in [-0.39, 0.29) is 28.9 Å². The number of sulfone groups is 1. The van der Waals surface area contributed by atoms with Crippen molar-refractivity contribution < 1.29 is 18.0 Å². The number of rotatable bonds is 5. The van der Waals surface area contributed by atoms with Crippen LogP contribution in [0.15, 0.2) is 29.2 Å². The van der Waals surface area contributed by atoms with Crippen molar-refractivity contribution in [3.05, 3.63) is 45.8 Å². The number of nitriles is 1. The molecule has 0 fully saturated rings. The summed E-state index contributed by atoms with van der Waals surface area (Å²) in [5, 5.41) is 12.8. The SMILES string of the molecule is CCS(=O)(=O)c1ccc(CC(=O)Nc2sc3c(c2C#N)CCN(C(C)=O)C3)cc1. The molecule has 1 aromatic carbocycles. The van der Waals surface area contributed by atoms with Gasteiger partial charge in [0, 0.05) is 18.3 Å². The molecule has 2 aromatic rings. The summed E-state index contributed by atoms with van der Waals surface area (Å²) in [5.74, 6) is -0.273. The predicted molar refractivity (Wildman–Crippen MR) is 110 cm³/mol. The molecule has 152 valence electrons. The van der Waals surface area contributed by atoms with E-state index in [4.69, 9.17) is 0 Å². The zero-order valence-electron chi connectivity index (χ0n) is 16.2. The number of fused-ring (bicyclic) bond motifs is 1. The van der Waals surface area contributed by atoms with Gasteiger partial charge < -0.3 is 10.2 Å². The molecule has 1 aromatic heterocycles. The fourth-order valence-corrected chi connectivity index (χ4v) is 5.33. The lowest BCUT2D eigenvalue weighted by molar-refractivity contribution is -0.129. The number of hydrogen-bond acceptors (Lipinski definition) is 6. The molecule has 0 aliphatic carbocycles. The van der Waals surface area contributed by atoms with Crippen LogP contribution in [0.3, 0.4) is 0 Å². The van der Waals surface area contributed by atoms with Gasteiger partial charge >= 0.3 is 0 Å². The first kappa shape index (κ1) is 21.0. The average molecular weight is 432 g/mol. The van der Waals surface area contributed by atoms with E-state index in [2.05, 4.69) is 11.4 Å². The lowest BCUT2D eigenvalue weighted by atomic mass is 10.0. The molecule has 7 nitrogen and oxygen atoms in total. The number of carbonyl (C=O) groups is 2. The van der Waals surface area contributed by atoms with Gasteiger partial charge in [0.2, 0.25) is 11.8 Å². The van der Waals surface area contributed by atoms with Crippen LogP contribution in [0.1, 0.15) is 35.4 Å². The van der Waals surface area contributed by atoms with Crippen LogP contribution in [0.2, 0.25) is 0 Å². The number of nitrogens with one attached hydrogen (secondary N) is 1. The second-order valence-electron chi connectivity index (χ2n) is 6.78. The van der Waals surface area contributed by atoms with E-state index in [0.717, 1.165) is 10.4 Å². The van der Waals surface area contributed by atoms with Crippen LogP contribution in [0, 0.1) is 11.3 Å². The smallest absolute Gasteiger partial charge is 0.229 e. The molecule has 0 saturated heterocycles. The number of anilines is 1. The molecule has 29 heavy (non-hydrogen) atoms. The highest BCUT2D eigenvalue weighted by Crippen LogP contribution is 2.36. The first-order chi connectivity index (χ1) is 13.7. The minimum Gasteiger partial charge on any atom is -0.337 e. The van der Waals surface area contributed by atoms with Gasteiger partial charge in [0.1, 0.15) is 11.1 Å². The largest absolute Gasteiger partial charge is 0.337 e. The first-order valence-corrected chi connectivity index (χ1v) is 11.6. The Hall–Kier alpha value is -2.70. The van der Waals surface area contributed by atoms with E-state index in [0.29, 0.717) is 35.6 Å². The fraction of sp³-hybridized carbons (Fsp3) is 0.350. The van der Waals surface area contributed by atoms with Gasteiger partial charge in [0.25, 0.3) is 0 Å². The van der Waals surface area contributed by atoms with Crippen molar-refractivity contribution in [1.82, 2.24) is 4.90 Å². The van der Waals surface area contributed by atoms with Crippen molar-refractivity contribution in [3.63, 3.8) is 0 Å². The van der Waals surface area contributed by atoms with Gasteiger partial charge in [0.15, 0.2) is 9.84 Å². The van der Waals surface area contributed by atoms with Crippen LogP contribution in [-0.4, -0.2) is 37.4 Å². The van der Waals surface area contributed by atoms with Crippen LogP contribution >= 0.6 is 11.3 Å². The number of thiophene rings is 1. The number of benzene rings is 1. The summed E-state index contributed by atoms with van der Waals surface area (Å²) >= 11 is 1.33. The molecule has 0 bridgehead atoms. The second-order valence-corrected chi connectivity index (χ2v) is 10.2. The molecule has 0 atom stereocenters. The second kappa shape index (κ2) is 8.35. The maximum atomic E-state index is 12.5. The molecule has 3 rings (SSSR count). The Balaban J connectivity index is 1.73. The molecule has 0 unspecified atom stereocenters. The van der Waals surface area contributed by atoms with Crippen LogP contribution in [0.4, 0.5) is 5.00 Å². The van der Waals surface area contributed by atoms with Gasteiger partial charge in [-0.3, -0.25) is 9.59 Å². The molecule has 2 amide bonds. The van der Waals surface area contributed by atoms with E-state index >= 15 is 0 Å². The number of amides is 2. The molecule has 0 spiro atoms. The van der Waals surface area contributed by atoms with Gasteiger partial charge in [-0.2, -0.15) is 5.26 Å². The normalized spacial score (nSPS) is 13.5. The van der Waals surface area contributed by atoms with Crippen molar-refractivity contribution >= 4 is 38.0 Å². The Bertz CT molecular complexity index is 1100. The maximum Gasteiger partial charge on any atom is 0.229 e. The van der Waals surface area contributed by atoms with E-state index in [1.54, 1.807) is 24.0 Å². The third-order valence-electron chi connectivity index (χ3n) is 4.89. The van der Waals surface area contributed by atoms with Crippen molar-refractivity contribution in [1.29, 1.82) is 5.26 Å². The zero-order chi connectivity index (χ0) is 21.2. The van der Waals surface area contributed by atoms with Crippen LogP contribution in [0.25, 0.3) is 0 Å².